The summed E-state index contributed by atoms with van der Waals surface area (Å²) in [7, 11) is 4.92. The number of hydrogen-bond acceptors (Lipinski definition) is 10. The van der Waals surface area contributed by atoms with Gasteiger partial charge >= 0.3 is 12.0 Å². The zero-order valence-corrected chi connectivity index (χ0v) is 37.0. The van der Waals surface area contributed by atoms with Gasteiger partial charge in [0.1, 0.15) is 12.1 Å². The van der Waals surface area contributed by atoms with Crippen molar-refractivity contribution in [1.29, 1.82) is 0 Å². The Morgan fingerprint density at radius 3 is 2.68 bits per heavy atom. The first-order valence-corrected chi connectivity index (χ1v) is 19.1. The third-order valence-electron chi connectivity index (χ3n) is 10.1. The summed E-state index contributed by atoms with van der Waals surface area (Å²) < 4.78 is 19.3. The van der Waals surface area contributed by atoms with E-state index >= 15 is 0 Å². The largest absolute Gasteiger partial charge is 0.464 e. The van der Waals surface area contributed by atoms with Gasteiger partial charge in [0.2, 0.25) is 0 Å². The van der Waals surface area contributed by atoms with Crippen molar-refractivity contribution in [3.8, 4) is 22.5 Å². The maximum Gasteiger partial charge on any atom is 0.324 e. The number of thiazole rings is 1. The number of hydrazine groups is 1. The highest BCUT2D eigenvalue weighted by molar-refractivity contribution is 7.59. The van der Waals surface area contributed by atoms with Gasteiger partial charge in [-0.1, -0.05) is 19.9 Å². The maximum absolute atomic E-state index is 14.1. The van der Waals surface area contributed by atoms with E-state index in [1.165, 1.54) is 21.2 Å². The zero-order valence-electron chi connectivity index (χ0n) is 33.2. The van der Waals surface area contributed by atoms with Crippen molar-refractivity contribution in [2.24, 2.45) is 5.41 Å². The van der Waals surface area contributed by atoms with Crippen LogP contribution >= 0.6 is 51.8 Å². The topological polar surface area (TPSA) is 140 Å². The average molecular weight is 848 g/mol. The molecule has 2 aliphatic rings. The lowest BCUT2D eigenvalue weighted by Crippen LogP contribution is -2.61. The van der Waals surface area contributed by atoms with Crippen LogP contribution in [0, 0.1) is 5.41 Å². The lowest BCUT2D eigenvalue weighted by molar-refractivity contribution is -0.155. The third-order valence-corrected chi connectivity index (χ3v) is 11.0. The lowest BCUT2D eigenvalue weighted by atomic mass is 9.84. The second kappa shape index (κ2) is 20.4. The molecule has 308 valence electrons. The molecule has 3 aromatic heterocycles. The standard InChI is InChI=1S/C39H51N7O6S.3H2S/c1-8-45-32-14-13-25-19-27(32)28(35(45)26-11-9-15-40-34(26)24(2)51-7)21-39(3,4)23-52-37(48)29-12-10-16-46(43-29)36(47)30(20-33-41-31(25)22-53-33)42-38(49)44(5)17-18-50-6;;;/h9,11,13-15,19,22,24,29-30,43H,8,10,12,16-18,20-21,23H2,1-7H3,(H,42,49);3*1H2/t24-,29-,30-;;;/m0.../s1. The summed E-state index contributed by atoms with van der Waals surface area (Å²) in [6.45, 7) is 10.4. The second-order valence-corrected chi connectivity index (χ2v) is 15.6. The second-order valence-electron chi connectivity index (χ2n) is 14.6. The van der Waals surface area contributed by atoms with Gasteiger partial charge in [-0.2, -0.15) is 40.5 Å². The van der Waals surface area contributed by atoms with Gasteiger partial charge in [-0.25, -0.2) is 15.2 Å². The van der Waals surface area contributed by atoms with Gasteiger partial charge in [-0.3, -0.25) is 19.6 Å². The molecule has 5 heterocycles. The van der Waals surface area contributed by atoms with E-state index in [0.717, 1.165) is 51.2 Å². The molecule has 0 aliphatic carbocycles. The molecule has 17 heteroatoms. The Labute approximate surface area is 354 Å². The number of urea groups is 1. The van der Waals surface area contributed by atoms with Crippen molar-refractivity contribution < 1.29 is 28.6 Å². The molecule has 1 aromatic carbocycles. The van der Waals surface area contributed by atoms with E-state index in [1.54, 1.807) is 27.5 Å². The van der Waals surface area contributed by atoms with Crippen LogP contribution in [0.3, 0.4) is 0 Å². The van der Waals surface area contributed by atoms with Crippen LogP contribution in [-0.4, -0.2) is 102 Å². The lowest BCUT2D eigenvalue weighted by Gasteiger charge is -2.35. The molecule has 0 saturated carbocycles. The zero-order chi connectivity index (χ0) is 37.9. The van der Waals surface area contributed by atoms with Gasteiger partial charge < -0.3 is 29.0 Å². The molecule has 6 rings (SSSR count). The Morgan fingerprint density at radius 1 is 1.20 bits per heavy atom. The number of amides is 3. The summed E-state index contributed by atoms with van der Waals surface area (Å²) in [5.41, 5.74) is 9.52. The number of rotatable bonds is 8. The van der Waals surface area contributed by atoms with Crippen molar-refractivity contribution in [1.82, 2.24) is 35.2 Å². The Kier molecular flexibility index (Phi) is 17.1. The number of aromatic nitrogens is 3. The van der Waals surface area contributed by atoms with Gasteiger partial charge in [0.05, 0.1) is 41.4 Å². The van der Waals surface area contributed by atoms with Crippen LogP contribution in [0.4, 0.5) is 4.79 Å². The van der Waals surface area contributed by atoms with Crippen molar-refractivity contribution in [3.63, 3.8) is 0 Å². The number of nitrogens with one attached hydrogen (secondary N) is 2. The molecular formula is C39H57N7O6S4. The van der Waals surface area contributed by atoms with E-state index < -0.39 is 29.5 Å². The molecule has 4 aromatic rings. The van der Waals surface area contributed by atoms with Crippen molar-refractivity contribution in [2.45, 2.75) is 78.1 Å². The summed E-state index contributed by atoms with van der Waals surface area (Å²) in [4.78, 5) is 52.2. The highest BCUT2D eigenvalue weighted by Crippen LogP contribution is 2.42. The van der Waals surface area contributed by atoms with Crippen LogP contribution in [0.2, 0.25) is 0 Å². The van der Waals surface area contributed by atoms with Gasteiger partial charge in [0.25, 0.3) is 5.91 Å². The van der Waals surface area contributed by atoms with E-state index in [0.29, 0.717) is 44.0 Å². The number of esters is 1. The molecule has 2 N–H and O–H groups in total. The number of likely N-dealkylation sites (N-methyl/N-ethyl adjacent to an activating group) is 1. The fraction of sp³-hybridized carbons (Fsp3) is 0.513. The molecule has 0 spiro atoms. The van der Waals surface area contributed by atoms with E-state index in [1.807, 2.05) is 18.4 Å². The minimum atomic E-state index is -0.926. The summed E-state index contributed by atoms with van der Waals surface area (Å²) in [5, 5.41) is 8.16. The molecule has 13 nitrogen and oxygen atoms in total. The first kappa shape index (κ1) is 47.1. The summed E-state index contributed by atoms with van der Waals surface area (Å²) in [5.74, 6) is -0.755. The maximum atomic E-state index is 14.1. The summed E-state index contributed by atoms with van der Waals surface area (Å²) in [6, 6.07) is 8.45. The van der Waals surface area contributed by atoms with E-state index in [9.17, 15) is 14.4 Å². The van der Waals surface area contributed by atoms with E-state index in [4.69, 9.17) is 24.2 Å². The van der Waals surface area contributed by atoms with Crippen molar-refractivity contribution in [2.75, 3.05) is 47.6 Å². The van der Waals surface area contributed by atoms with Gasteiger partial charge in [-0.15, -0.1) is 11.3 Å². The normalized spacial score (nSPS) is 18.7. The van der Waals surface area contributed by atoms with E-state index in [2.05, 4.69) is 60.3 Å². The number of methoxy groups -OCH3 is 2. The highest BCUT2D eigenvalue weighted by Gasteiger charge is 2.36. The van der Waals surface area contributed by atoms with Gasteiger partial charge in [0.15, 0.2) is 0 Å². The van der Waals surface area contributed by atoms with Crippen LogP contribution in [-0.2, 0) is 43.2 Å². The Morgan fingerprint density at radius 2 is 1.96 bits per heavy atom. The smallest absolute Gasteiger partial charge is 0.324 e. The van der Waals surface area contributed by atoms with Crippen LogP contribution in [0.25, 0.3) is 33.4 Å². The number of nitrogens with zero attached hydrogens (tertiary/aromatic N) is 5. The number of carbonyl (C=O) groups is 3. The molecule has 56 heavy (non-hydrogen) atoms. The molecule has 2 aliphatic heterocycles. The van der Waals surface area contributed by atoms with Crippen LogP contribution in [0.1, 0.15) is 62.9 Å². The minimum absolute atomic E-state index is 0. The van der Waals surface area contributed by atoms with E-state index in [-0.39, 0.29) is 65.5 Å². The Bertz CT molecular complexity index is 1970. The molecule has 0 unspecified atom stereocenters. The monoisotopic (exact) mass is 847 g/mol. The number of benzene rings is 1. The molecule has 1 fully saturated rings. The number of pyridine rings is 1. The minimum Gasteiger partial charge on any atom is -0.464 e. The number of aryl methyl sites for hydroxylation is 1. The summed E-state index contributed by atoms with van der Waals surface area (Å²) >= 11 is 1.45. The Balaban J connectivity index is 0.00000280. The molecular weight excluding hydrogens is 791 g/mol. The van der Waals surface area contributed by atoms with Gasteiger partial charge in [-0.05, 0) is 62.9 Å². The number of carbonyl (C=O) groups excluding carboxylic acids is 3. The Hall–Kier alpha value is -3.32. The molecule has 3 atom stereocenters. The number of ether oxygens (including phenoxy) is 3. The van der Waals surface area contributed by atoms with Crippen LogP contribution < -0.4 is 10.7 Å². The van der Waals surface area contributed by atoms with Crippen molar-refractivity contribution in [3.05, 3.63) is 58.2 Å². The average Bonchev–Trinajstić information content (AvgIpc) is 3.76. The van der Waals surface area contributed by atoms with Crippen LogP contribution in [0.15, 0.2) is 41.9 Å². The predicted octanol–water partition coefficient (Wildman–Crippen LogP) is 5.71. The fourth-order valence-electron chi connectivity index (χ4n) is 7.15. The first-order chi connectivity index (χ1) is 25.4. The SMILES string of the molecule is CCn1c(-c2cccnc2[C@H](C)OC)c2c3cc(ccc31)-c1csc(n1)C[C@H](NC(=O)N(C)CCOC)C(=O)N1CCC[C@H](N1)C(=O)OCC(C)(C)C2.S.S.S. The molecule has 3 amide bonds. The predicted molar refractivity (Wildman–Crippen MR) is 235 cm³/mol. The first-order valence-electron chi connectivity index (χ1n) is 18.3. The molecule has 1 saturated heterocycles. The quantitative estimate of drug-likeness (QED) is 0.214. The number of cyclic esters (lactones) is 1. The number of hydrogen-bond donors (Lipinski definition) is 2. The highest BCUT2D eigenvalue weighted by atomic mass is 32.1. The molecule has 6 bridgehead atoms. The van der Waals surface area contributed by atoms with Gasteiger partial charge in [0, 0.05) is 86.3 Å². The fourth-order valence-corrected chi connectivity index (χ4v) is 8.00. The third kappa shape index (κ3) is 10.2. The number of fused-ring (bicyclic) bond motifs is 6. The van der Waals surface area contributed by atoms with Crippen molar-refractivity contribution >= 4 is 80.6 Å². The molecule has 0 radical (unpaired) electrons. The van der Waals surface area contributed by atoms with Crippen LogP contribution in [0.5, 0.6) is 0 Å². The summed E-state index contributed by atoms with van der Waals surface area (Å²) in [6.07, 6.45) is 3.49.